The van der Waals surface area contributed by atoms with Crippen molar-refractivity contribution in [3.8, 4) is 0 Å². The standard InChI is InChI=1S/C12H17NO2S/c1-3-8-7-9-10(16-8)5-4-6-12(9,13)11(14)15-2/h7H,3-6,13H2,1-2H3. The molecule has 4 heteroatoms. The van der Waals surface area contributed by atoms with Gasteiger partial charge in [0.25, 0.3) is 0 Å². The van der Waals surface area contributed by atoms with Crippen molar-refractivity contribution in [1.82, 2.24) is 0 Å². The summed E-state index contributed by atoms with van der Waals surface area (Å²) in [7, 11) is 1.40. The van der Waals surface area contributed by atoms with Crippen LogP contribution in [0, 0.1) is 0 Å². The molecule has 0 amide bonds. The van der Waals surface area contributed by atoms with Gasteiger partial charge in [-0.05, 0) is 37.3 Å². The lowest BCUT2D eigenvalue weighted by Gasteiger charge is -2.30. The second-order valence-electron chi connectivity index (χ2n) is 4.22. The Morgan fingerprint density at radius 3 is 3.06 bits per heavy atom. The Morgan fingerprint density at radius 1 is 1.69 bits per heavy atom. The summed E-state index contributed by atoms with van der Waals surface area (Å²) in [6, 6.07) is 2.08. The molecule has 0 aliphatic heterocycles. The number of esters is 1. The molecule has 2 rings (SSSR count). The van der Waals surface area contributed by atoms with Gasteiger partial charge in [0, 0.05) is 9.75 Å². The van der Waals surface area contributed by atoms with Crippen LogP contribution in [0.25, 0.3) is 0 Å². The van der Waals surface area contributed by atoms with Gasteiger partial charge in [0.2, 0.25) is 0 Å². The lowest BCUT2D eigenvalue weighted by atomic mass is 9.81. The Labute approximate surface area is 99.6 Å². The van der Waals surface area contributed by atoms with E-state index < -0.39 is 5.54 Å². The lowest BCUT2D eigenvalue weighted by molar-refractivity contribution is -0.148. The molecule has 0 spiro atoms. The maximum atomic E-state index is 11.8. The summed E-state index contributed by atoms with van der Waals surface area (Å²) < 4.78 is 4.83. The second-order valence-corrected chi connectivity index (χ2v) is 5.44. The van der Waals surface area contributed by atoms with E-state index >= 15 is 0 Å². The minimum atomic E-state index is -0.910. The van der Waals surface area contributed by atoms with Crippen LogP contribution in [0.2, 0.25) is 0 Å². The molecule has 88 valence electrons. The average Bonchev–Trinajstić information content (AvgIpc) is 2.72. The van der Waals surface area contributed by atoms with Gasteiger partial charge in [-0.2, -0.15) is 0 Å². The SMILES string of the molecule is CCc1cc2c(s1)CCCC2(N)C(=O)OC. The highest BCUT2D eigenvalue weighted by atomic mass is 32.1. The highest BCUT2D eigenvalue weighted by Crippen LogP contribution is 2.39. The van der Waals surface area contributed by atoms with E-state index in [1.165, 1.54) is 16.9 Å². The predicted molar refractivity (Wildman–Crippen MR) is 64.5 cm³/mol. The van der Waals surface area contributed by atoms with Crippen LogP contribution in [-0.4, -0.2) is 13.1 Å². The Hall–Kier alpha value is -0.870. The fourth-order valence-electron chi connectivity index (χ4n) is 2.28. The number of rotatable bonds is 2. The summed E-state index contributed by atoms with van der Waals surface area (Å²) in [5.41, 5.74) is 6.31. The third kappa shape index (κ3) is 1.66. The molecule has 1 aliphatic carbocycles. The number of thiophene rings is 1. The van der Waals surface area contributed by atoms with E-state index in [9.17, 15) is 4.79 Å². The van der Waals surface area contributed by atoms with Crippen LogP contribution in [-0.2, 0) is 27.9 Å². The molecule has 0 aromatic carbocycles. The summed E-state index contributed by atoms with van der Waals surface area (Å²) in [5, 5.41) is 0. The molecule has 0 fully saturated rings. The molecule has 1 unspecified atom stereocenters. The second kappa shape index (κ2) is 4.18. The van der Waals surface area contributed by atoms with Crippen molar-refractivity contribution in [2.45, 2.75) is 38.1 Å². The van der Waals surface area contributed by atoms with Gasteiger partial charge >= 0.3 is 5.97 Å². The van der Waals surface area contributed by atoms with Crippen molar-refractivity contribution in [2.75, 3.05) is 7.11 Å². The number of nitrogens with two attached hydrogens (primary N) is 1. The number of methoxy groups -OCH3 is 1. The largest absolute Gasteiger partial charge is 0.467 e. The summed E-state index contributed by atoms with van der Waals surface area (Å²) in [6.45, 7) is 2.12. The highest BCUT2D eigenvalue weighted by Gasteiger charge is 2.41. The first kappa shape index (κ1) is 11.6. The van der Waals surface area contributed by atoms with Crippen molar-refractivity contribution in [1.29, 1.82) is 0 Å². The zero-order valence-corrected chi connectivity index (χ0v) is 10.5. The molecule has 3 nitrogen and oxygen atoms in total. The molecule has 0 bridgehead atoms. The molecule has 0 saturated heterocycles. The summed E-state index contributed by atoms with van der Waals surface area (Å²) in [5.74, 6) is -0.311. The van der Waals surface area contributed by atoms with Crippen LogP contribution < -0.4 is 5.73 Å². The maximum Gasteiger partial charge on any atom is 0.330 e. The first-order chi connectivity index (χ1) is 7.61. The van der Waals surface area contributed by atoms with E-state index in [0.717, 1.165) is 24.8 Å². The van der Waals surface area contributed by atoms with Crippen molar-refractivity contribution >= 4 is 17.3 Å². The fourth-order valence-corrected chi connectivity index (χ4v) is 3.51. The number of carbonyl (C=O) groups excluding carboxylic acids is 1. The van der Waals surface area contributed by atoms with Crippen LogP contribution in [0.3, 0.4) is 0 Å². The minimum Gasteiger partial charge on any atom is -0.467 e. The van der Waals surface area contributed by atoms with E-state index in [0.29, 0.717) is 6.42 Å². The molecule has 1 atom stereocenters. The van der Waals surface area contributed by atoms with Crippen LogP contribution >= 0.6 is 11.3 Å². The average molecular weight is 239 g/mol. The van der Waals surface area contributed by atoms with E-state index in [4.69, 9.17) is 10.5 Å². The predicted octanol–water partition coefficient (Wildman–Crippen LogP) is 1.97. The fraction of sp³-hybridized carbons (Fsp3) is 0.583. The molecule has 1 aromatic heterocycles. The van der Waals surface area contributed by atoms with E-state index in [1.54, 1.807) is 11.3 Å². The van der Waals surface area contributed by atoms with Crippen LogP contribution in [0.5, 0.6) is 0 Å². The van der Waals surface area contributed by atoms with Gasteiger partial charge in [0.1, 0.15) is 5.54 Å². The smallest absolute Gasteiger partial charge is 0.330 e. The zero-order chi connectivity index (χ0) is 11.8. The molecule has 1 aromatic rings. The number of hydrogen-bond donors (Lipinski definition) is 1. The van der Waals surface area contributed by atoms with Crippen LogP contribution in [0.1, 0.15) is 35.1 Å². The van der Waals surface area contributed by atoms with Gasteiger partial charge in [-0.1, -0.05) is 6.92 Å². The molecule has 2 N–H and O–H groups in total. The molecular formula is C12H17NO2S. The summed E-state index contributed by atoms with van der Waals surface area (Å²) >= 11 is 1.78. The summed E-state index contributed by atoms with van der Waals surface area (Å²) in [4.78, 5) is 14.4. The topological polar surface area (TPSA) is 52.3 Å². The van der Waals surface area contributed by atoms with Crippen molar-refractivity contribution < 1.29 is 9.53 Å². The highest BCUT2D eigenvalue weighted by molar-refractivity contribution is 7.12. The third-order valence-corrected chi connectivity index (χ3v) is 4.55. The third-order valence-electron chi connectivity index (χ3n) is 3.21. The summed E-state index contributed by atoms with van der Waals surface area (Å²) in [6.07, 6.45) is 3.68. The van der Waals surface area contributed by atoms with Crippen LogP contribution in [0.4, 0.5) is 0 Å². The van der Waals surface area contributed by atoms with E-state index in [2.05, 4.69) is 13.0 Å². The number of hydrogen-bond acceptors (Lipinski definition) is 4. The minimum absolute atomic E-state index is 0.311. The maximum absolute atomic E-state index is 11.8. The number of ether oxygens (including phenoxy) is 1. The van der Waals surface area contributed by atoms with Gasteiger partial charge in [-0.15, -0.1) is 11.3 Å². The van der Waals surface area contributed by atoms with Gasteiger partial charge in [0.15, 0.2) is 0 Å². The first-order valence-electron chi connectivity index (χ1n) is 5.61. The Bertz CT molecular complexity index is 413. The molecular weight excluding hydrogens is 222 g/mol. The lowest BCUT2D eigenvalue weighted by Crippen LogP contribution is -2.47. The number of aryl methyl sites for hydroxylation is 2. The van der Waals surface area contributed by atoms with Gasteiger partial charge < -0.3 is 10.5 Å². The number of fused-ring (bicyclic) bond motifs is 1. The van der Waals surface area contributed by atoms with Crippen molar-refractivity contribution in [3.05, 3.63) is 21.4 Å². The Kier molecular flexibility index (Phi) is 3.04. The molecule has 0 saturated carbocycles. The molecule has 1 aliphatic rings. The first-order valence-corrected chi connectivity index (χ1v) is 6.43. The Morgan fingerprint density at radius 2 is 2.44 bits per heavy atom. The van der Waals surface area contributed by atoms with Gasteiger partial charge in [-0.25, -0.2) is 4.79 Å². The molecule has 1 heterocycles. The van der Waals surface area contributed by atoms with Crippen LogP contribution in [0.15, 0.2) is 6.07 Å². The Balaban J connectivity index is 2.46. The quantitative estimate of drug-likeness (QED) is 0.803. The van der Waals surface area contributed by atoms with E-state index in [1.807, 2.05) is 0 Å². The van der Waals surface area contributed by atoms with Crippen molar-refractivity contribution in [3.63, 3.8) is 0 Å². The zero-order valence-electron chi connectivity index (χ0n) is 9.71. The van der Waals surface area contributed by atoms with Gasteiger partial charge in [-0.3, -0.25) is 0 Å². The normalized spacial score (nSPS) is 23.9. The van der Waals surface area contributed by atoms with Crippen molar-refractivity contribution in [2.24, 2.45) is 5.73 Å². The molecule has 0 radical (unpaired) electrons. The van der Waals surface area contributed by atoms with E-state index in [-0.39, 0.29) is 5.97 Å². The molecule has 16 heavy (non-hydrogen) atoms. The monoisotopic (exact) mass is 239 g/mol. The van der Waals surface area contributed by atoms with Gasteiger partial charge in [0.05, 0.1) is 7.11 Å². The number of carbonyl (C=O) groups is 1.